The van der Waals surface area contributed by atoms with Crippen LogP contribution in [0.5, 0.6) is 0 Å². The number of allylic oxidation sites excluding steroid dienone is 4. The molecule has 0 bridgehead atoms. The Morgan fingerprint density at radius 1 is 1.06 bits per heavy atom. The summed E-state index contributed by atoms with van der Waals surface area (Å²) in [6.07, 6.45) is 4.32. The fourth-order valence-corrected chi connectivity index (χ4v) is 2.64. The van der Waals surface area contributed by atoms with E-state index < -0.39 is 0 Å². The number of benzene rings is 1. The standard InChI is InChI=1S/C15H14O/c1-9-7-8-12-11-5-3-4-6-13(11)15(16)14(12)10(9)2/h3-10H,1-2H3. The molecule has 0 spiro atoms. The van der Waals surface area contributed by atoms with Gasteiger partial charge >= 0.3 is 0 Å². The third-order valence-electron chi connectivity index (χ3n) is 3.81. The van der Waals surface area contributed by atoms with Crippen molar-refractivity contribution in [1.29, 1.82) is 0 Å². The van der Waals surface area contributed by atoms with Crippen molar-refractivity contribution in [2.45, 2.75) is 13.8 Å². The second kappa shape index (κ2) is 3.18. The zero-order chi connectivity index (χ0) is 11.3. The first-order valence-electron chi connectivity index (χ1n) is 5.76. The van der Waals surface area contributed by atoms with E-state index in [2.05, 4.69) is 26.0 Å². The highest BCUT2D eigenvalue weighted by Gasteiger charge is 2.34. The number of ketones is 1. The lowest BCUT2D eigenvalue weighted by Crippen LogP contribution is -2.16. The van der Waals surface area contributed by atoms with Crippen molar-refractivity contribution in [2.24, 2.45) is 11.8 Å². The molecule has 0 heterocycles. The maximum absolute atomic E-state index is 12.3. The molecule has 2 aliphatic rings. The van der Waals surface area contributed by atoms with Crippen LogP contribution in [0.4, 0.5) is 0 Å². The number of Topliss-reactive ketones (excluding diaryl/α,β-unsaturated/α-hetero) is 1. The first-order valence-corrected chi connectivity index (χ1v) is 5.76. The van der Waals surface area contributed by atoms with Crippen molar-refractivity contribution in [3.05, 3.63) is 53.1 Å². The summed E-state index contributed by atoms with van der Waals surface area (Å²) in [6, 6.07) is 7.91. The van der Waals surface area contributed by atoms with E-state index in [4.69, 9.17) is 0 Å². The molecule has 16 heavy (non-hydrogen) atoms. The van der Waals surface area contributed by atoms with Crippen molar-refractivity contribution in [1.82, 2.24) is 0 Å². The molecule has 0 saturated carbocycles. The van der Waals surface area contributed by atoms with E-state index >= 15 is 0 Å². The fraction of sp³-hybridized carbons (Fsp3) is 0.267. The molecule has 2 atom stereocenters. The molecule has 0 aromatic heterocycles. The highest BCUT2D eigenvalue weighted by molar-refractivity contribution is 6.22. The molecule has 0 aliphatic heterocycles. The van der Waals surface area contributed by atoms with Gasteiger partial charge in [-0.2, -0.15) is 0 Å². The summed E-state index contributed by atoms with van der Waals surface area (Å²) in [7, 11) is 0. The number of carbonyl (C=O) groups is 1. The molecule has 3 rings (SSSR count). The molecule has 0 saturated heterocycles. The molecule has 1 aromatic rings. The van der Waals surface area contributed by atoms with Crippen LogP contribution in [0.3, 0.4) is 0 Å². The maximum atomic E-state index is 12.3. The topological polar surface area (TPSA) is 17.1 Å². The van der Waals surface area contributed by atoms with Crippen LogP contribution in [0.15, 0.2) is 42.0 Å². The highest BCUT2D eigenvalue weighted by Crippen LogP contribution is 2.42. The van der Waals surface area contributed by atoms with Gasteiger partial charge in [-0.15, -0.1) is 0 Å². The first kappa shape index (κ1) is 9.59. The molecule has 0 amide bonds. The van der Waals surface area contributed by atoms with Crippen molar-refractivity contribution >= 4 is 11.4 Å². The third kappa shape index (κ3) is 1.09. The van der Waals surface area contributed by atoms with Crippen LogP contribution in [0.1, 0.15) is 29.8 Å². The number of fused-ring (bicyclic) bond motifs is 2. The van der Waals surface area contributed by atoms with E-state index in [0.717, 1.165) is 22.3 Å². The van der Waals surface area contributed by atoms with E-state index in [0.29, 0.717) is 11.8 Å². The van der Waals surface area contributed by atoms with Crippen LogP contribution >= 0.6 is 0 Å². The van der Waals surface area contributed by atoms with Gasteiger partial charge in [0.25, 0.3) is 0 Å². The van der Waals surface area contributed by atoms with E-state index in [-0.39, 0.29) is 5.78 Å². The molecule has 2 aliphatic carbocycles. The molecule has 1 nitrogen and oxygen atoms in total. The maximum Gasteiger partial charge on any atom is 0.190 e. The van der Waals surface area contributed by atoms with Crippen LogP contribution in [-0.2, 0) is 0 Å². The zero-order valence-corrected chi connectivity index (χ0v) is 9.53. The Morgan fingerprint density at radius 3 is 2.50 bits per heavy atom. The number of hydrogen-bond acceptors (Lipinski definition) is 1. The minimum atomic E-state index is 0.231. The van der Waals surface area contributed by atoms with Crippen LogP contribution in [0.25, 0.3) is 5.57 Å². The van der Waals surface area contributed by atoms with Crippen molar-refractivity contribution in [3.63, 3.8) is 0 Å². The van der Waals surface area contributed by atoms with E-state index in [1.165, 1.54) is 0 Å². The van der Waals surface area contributed by atoms with Crippen molar-refractivity contribution < 1.29 is 4.79 Å². The molecule has 1 aromatic carbocycles. The van der Waals surface area contributed by atoms with Gasteiger partial charge in [-0.05, 0) is 23.0 Å². The lowest BCUT2D eigenvalue weighted by molar-refractivity contribution is 0.102. The second-order valence-electron chi connectivity index (χ2n) is 4.71. The van der Waals surface area contributed by atoms with Gasteiger partial charge in [0.1, 0.15) is 0 Å². The van der Waals surface area contributed by atoms with Crippen LogP contribution in [0, 0.1) is 11.8 Å². The Morgan fingerprint density at radius 2 is 1.75 bits per heavy atom. The molecule has 0 radical (unpaired) electrons. The molecule has 80 valence electrons. The smallest absolute Gasteiger partial charge is 0.190 e. The molecular weight excluding hydrogens is 196 g/mol. The van der Waals surface area contributed by atoms with Crippen molar-refractivity contribution in [3.8, 4) is 0 Å². The van der Waals surface area contributed by atoms with Crippen LogP contribution in [0.2, 0.25) is 0 Å². The van der Waals surface area contributed by atoms with Crippen molar-refractivity contribution in [2.75, 3.05) is 0 Å². The van der Waals surface area contributed by atoms with Gasteiger partial charge < -0.3 is 0 Å². The van der Waals surface area contributed by atoms with Crippen LogP contribution in [-0.4, -0.2) is 5.78 Å². The van der Waals surface area contributed by atoms with E-state index in [9.17, 15) is 4.79 Å². The normalized spacial score (nSPS) is 27.0. The predicted octanol–water partition coefficient (Wildman–Crippen LogP) is 3.48. The summed E-state index contributed by atoms with van der Waals surface area (Å²) >= 11 is 0. The largest absolute Gasteiger partial charge is 0.289 e. The summed E-state index contributed by atoms with van der Waals surface area (Å²) in [6.45, 7) is 4.31. The van der Waals surface area contributed by atoms with Gasteiger partial charge in [-0.25, -0.2) is 0 Å². The van der Waals surface area contributed by atoms with Gasteiger partial charge in [0.15, 0.2) is 5.78 Å². The number of carbonyl (C=O) groups excluding carboxylic acids is 1. The van der Waals surface area contributed by atoms with Gasteiger partial charge in [-0.1, -0.05) is 50.3 Å². The minimum Gasteiger partial charge on any atom is -0.289 e. The SMILES string of the molecule is CC1C=CC2=C(C(=O)c3ccccc32)C1C. The summed E-state index contributed by atoms with van der Waals surface area (Å²) in [4.78, 5) is 12.3. The lowest BCUT2D eigenvalue weighted by Gasteiger charge is -2.22. The predicted molar refractivity (Wildman–Crippen MR) is 65.2 cm³/mol. The lowest BCUT2D eigenvalue weighted by atomic mass is 9.81. The summed E-state index contributed by atoms with van der Waals surface area (Å²) < 4.78 is 0. The Bertz CT molecular complexity index is 534. The summed E-state index contributed by atoms with van der Waals surface area (Å²) in [5.74, 6) is 1.02. The average Bonchev–Trinajstić information content (AvgIpc) is 2.59. The van der Waals surface area contributed by atoms with Crippen LogP contribution < -0.4 is 0 Å². The van der Waals surface area contributed by atoms with E-state index in [1.807, 2.05) is 24.3 Å². The van der Waals surface area contributed by atoms with Gasteiger partial charge in [-0.3, -0.25) is 4.79 Å². The first-order chi connectivity index (χ1) is 7.70. The molecule has 1 heteroatoms. The molecular formula is C15H14O. The number of rotatable bonds is 0. The average molecular weight is 210 g/mol. The van der Waals surface area contributed by atoms with Gasteiger partial charge in [0.2, 0.25) is 0 Å². The highest BCUT2D eigenvalue weighted by atomic mass is 16.1. The quantitative estimate of drug-likeness (QED) is 0.640. The Kier molecular flexibility index (Phi) is 1.90. The molecule has 0 fully saturated rings. The molecule has 0 N–H and O–H groups in total. The molecule has 2 unspecified atom stereocenters. The second-order valence-corrected chi connectivity index (χ2v) is 4.71. The third-order valence-corrected chi connectivity index (χ3v) is 3.81. The van der Waals surface area contributed by atoms with Gasteiger partial charge in [0.05, 0.1) is 0 Å². The number of hydrogen-bond donors (Lipinski definition) is 0. The van der Waals surface area contributed by atoms with Gasteiger partial charge in [0, 0.05) is 11.1 Å². The Labute approximate surface area is 95.5 Å². The Hall–Kier alpha value is -1.63. The Balaban J connectivity index is 2.23. The summed E-state index contributed by atoms with van der Waals surface area (Å²) in [5.41, 5.74) is 4.14. The monoisotopic (exact) mass is 210 g/mol. The zero-order valence-electron chi connectivity index (χ0n) is 9.53. The summed E-state index contributed by atoms with van der Waals surface area (Å²) in [5, 5.41) is 0. The minimum absolute atomic E-state index is 0.231. The fourth-order valence-electron chi connectivity index (χ4n) is 2.64. The van der Waals surface area contributed by atoms with E-state index in [1.54, 1.807) is 0 Å².